The Morgan fingerprint density at radius 3 is 2.82 bits per heavy atom. The molecule has 17 heavy (non-hydrogen) atoms. The van der Waals surface area contributed by atoms with E-state index < -0.39 is 9.84 Å². The van der Waals surface area contributed by atoms with Gasteiger partial charge in [-0.3, -0.25) is 0 Å². The molecule has 0 unspecified atom stereocenters. The number of imidazole rings is 1. The van der Waals surface area contributed by atoms with Crippen LogP contribution in [0.25, 0.3) is 11.0 Å². The number of aromatic amines is 1. The standard InChI is InChI=1S/C11H14N2O3S/c1-16-7-6-10-12-8-4-3-5-9(11(8)13-10)17(2,14)15/h3-5H,6-7H2,1-2H3,(H,12,13). The average Bonchev–Trinajstić information content (AvgIpc) is 2.66. The summed E-state index contributed by atoms with van der Waals surface area (Å²) < 4.78 is 28.1. The van der Waals surface area contributed by atoms with Gasteiger partial charge < -0.3 is 9.72 Å². The fourth-order valence-electron chi connectivity index (χ4n) is 1.67. The van der Waals surface area contributed by atoms with Crippen LogP contribution in [0.15, 0.2) is 23.1 Å². The van der Waals surface area contributed by atoms with Crippen LogP contribution < -0.4 is 0 Å². The van der Waals surface area contributed by atoms with Gasteiger partial charge in [0.05, 0.1) is 17.0 Å². The van der Waals surface area contributed by atoms with Crippen LogP contribution in [-0.2, 0) is 21.0 Å². The summed E-state index contributed by atoms with van der Waals surface area (Å²) in [5, 5.41) is 0. The first-order valence-electron chi connectivity index (χ1n) is 5.19. The molecule has 0 saturated carbocycles. The zero-order valence-electron chi connectivity index (χ0n) is 9.73. The van der Waals surface area contributed by atoms with E-state index in [2.05, 4.69) is 9.97 Å². The molecule has 0 aliphatic heterocycles. The van der Waals surface area contributed by atoms with Crippen LogP contribution in [0.4, 0.5) is 0 Å². The van der Waals surface area contributed by atoms with Crippen LogP contribution in [0.1, 0.15) is 5.82 Å². The third-order valence-electron chi connectivity index (χ3n) is 2.47. The van der Waals surface area contributed by atoms with Crippen molar-refractivity contribution in [3.63, 3.8) is 0 Å². The Morgan fingerprint density at radius 2 is 2.18 bits per heavy atom. The van der Waals surface area contributed by atoms with E-state index in [-0.39, 0.29) is 4.90 Å². The number of ether oxygens (including phenoxy) is 1. The summed E-state index contributed by atoms with van der Waals surface area (Å²) in [5.74, 6) is 0.734. The maximum absolute atomic E-state index is 11.6. The van der Waals surface area contributed by atoms with E-state index in [0.717, 1.165) is 11.3 Å². The van der Waals surface area contributed by atoms with Crippen molar-refractivity contribution in [3.05, 3.63) is 24.0 Å². The number of benzene rings is 1. The Hall–Kier alpha value is -1.40. The Balaban J connectivity index is 2.53. The van der Waals surface area contributed by atoms with Crippen molar-refractivity contribution in [1.29, 1.82) is 0 Å². The number of rotatable bonds is 4. The molecule has 1 N–H and O–H groups in total. The number of fused-ring (bicyclic) bond motifs is 1. The van der Waals surface area contributed by atoms with Gasteiger partial charge in [0, 0.05) is 19.8 Å². The van der Waals surface area contributed by atoms with Gasteiger partial charge in [-0.05, 0) is 12.1 Å². The van der Waals surface area contributed by atoms with Gasteiger partial charge in [0.1, 0.15) is 11.3 Å². The summed E-state index contributed by atoms with van der Waals surface area (Å²) in [4.78, 5) is 7.65. The summed E-state index contributed by atoms with van der Waals surface area (Å²) in [7, 11) is -1.63. The van der Waals surface area contributed by atoms with E-state index in [1.807, 2.05) is 6.07 Å². The van der Waals surface area contributed by atoms with Crippen molar-refractivity contribution in [2.75, 3.05) is 20.0 Å². The highest BCUT2D eigenvalue weighted by Gasteiger charge is 2.14. The van der Waals surface area contributed by atoms with E-state index in [9.17, 15) is 8.42 Å². The predicted molar refractivity (Wildman–Crippen MR) is 64.8 cm³/mol. The van der Waals surface area contributed by atoms with Gasteiger partial charge >= 0.3 is 0 Å². The largest absolute Gasteiger partial charge is 0.384 e. The Kier molecular flexibility index (Phi) is 3.17. The Labute approximate surface area is 99.7 Å². The molecule has 0 atom stereocenters. The molecule has 1 aromatic heterocycles. The number of hydrogen-bond donors (Lipinski definition) is 1. The minimum atomic E-state index is -3.25. The lowest BCUT2D eigenvalue weighted by molar-refractivity contribution is 0.201. The topological polar surface area (TPSA) is 72.0 Å². The number of nitrogens with one attached hydrogen (secondary N) is 1. The van der Waals surface area contributed by atoms with Crippen molar-refractivity contribution in [2.24, 2.45) is 0 Å². The predicted octanol–water partition coefficient (Wildman–Crippen LogP) is 1.16. The van der Waals surface area contributed by atoms with Gasteiger partial charge in [-0.2, -0.15) is 0 Å². The molecular formula is C11H14N2O3S. The second-order valence-corrected chi connectivity index (χ2v) is 5.83. The Morgan fingerprint density at radius 1 is 1.41 bits per heavy atom. The average molecular weight is 254 g/mol. The minimum Gasteiger partial charge on any atom is -0.384 e. The lowest BCUT2D eigenvalue weighted by atomic mass is 10.3. The third-order valence-corrected chi connectivity index (χ3v) is 3.60. The van der Waals surface area contributed by atoms with Gasteiger partial charge in [-0.25, -0.2) is 13.4 Å². The highest BCUT2D eigenvalue weighted by atomic mass is 32.2. The second-order valence-electron chi connectivity index (χ2n) is 3.85. The summed E-state index contributed by atoms with van der Waals surface area (Å²) in [6, 6.07) is 5.09. The van der Waals surface area contributed by atoms with Crippen LogP contribution in [0.5, 0.6) is 0 Å². The zero-order chi connectivity index (χ0) is 12.5. The molecule has 0 bridgehead atoms. The van der Waals surface area contributed by atoms with Crippen molar-refractivity contribution in [3.8, 4) is 0 Å². The van der Waals surface area contributed by atoms with E-state index in [1.54, 1.807) is 19.2 Å². The first kappa shape index (κ1) is 12.1. The monoisotopic (exact) mass is 254 g/mol. The smallest absolute Gasteiger partial charge is 0.177 e. The lowest BCUT2D eigenvalue weighted by Gasteiger charge is -1.97. The molecule has 6 heteroatoms. The molecule has 0 aliphatic carbocycles. The first-order chi connectivity index (χ1) is 8.02. The van der Waals surface area contributed by atoms with Crippen molar-refractivity contribution in [2.45, 2.75) is 11.3 Å². The molecule has 1 heterocycles. The van der Waals surface area contributed by atoms with Crippen LogP contribution in [0.3, 0.4) is 0 Å². The molecule has 0 saturated heterocycles. The Bertz CT molecular complexity index is 631. The summed E-state index contributed by atoms with van der Waals surface area (Å²) in [5.41, 5.74) is 1.24. The fourth-order valence-corrected chi connectivity index (χ4v) is 2.51. The highest BCUT2D eigenvalue weighted by molar-refractivity contribution is 7.91. The van der Waals surface area contributed by atoms with Crippen LogP contribution in [0, 0.1) is 0 Å². The maximum Gasteiger partial charge on any atom is 0.177 e. The molecule has 0 spiro atoms. The number of para-hydroxylation sites is 1. The zero-order valence-corrected chi connectivity index (χ0v) is 10.5. The maximum atomic E-state index is 11.6. The van der Waals surface area contributed by atoms with Gasteiger partial charge in [0.15, 0.2) is 9.84 Å². The summed E-state index contributed by atoms with van der Waals surface area (Å²) >= 11 is 0. The van der Waals surface area contributed by atoms with E-state index in [1.165, 1.54) is 6.26 Å². The van der Waals surface area contributed by atoms with Crippen LogP contribution in [0.2, 0.25) is 0 Å². The van der Waals surface area contributed by atoms with Crippen molar-refractivity contribution in [1.82, 2.24) is 9.97 Å². The molecule has 92 valence electrons. The van der Waals surface area contributed by atoms with Crippen molar-refractivity contribution >= 4 is 20.9 Å². The second kappa shape index (κ2) is 4.46. The number of nitrogens with zero attached hydrogens (tertiary/aromatic N) is 1. The van der Waals surface area contributed by atoms with Gasteiger partial charge in [-0.1, -0.05) is 6.07 Å². The van der Waals surface area contributed by atoms with Gasteiger partial charge in [0.25, 0.3) is 0 Å². The molecule has 0 aliphatic rings. The molecule has 2 aromatic rings. The van der Waals surface area contributed by atoms with Crippen LogP contribution >= 0.6 is 0 Å². The lowest BCUT2D eigenvalue weighted by Crippen LogP contribution is -1.98. The first-order valence-corrected chi connectivity index (χ1v) is 7.08. The van der Waals surface area contributed by atoms with E-state index in [4.69, 9.17) is 4.74 Å². The summed E-state index contributed by atoms with van der Waals surface area (Å²) in [6.45, 7) is 0.550. The molecule has 0 amide bonds. The third kappa shape index (κ3) is 2.48. The normalized spacial score (nSPS) is 12.1. The number of hydrogen-bond acceptors (Lipinski definition) is 4. The number of aromatic nitrogens is 2. The molecule has 1 aromatic carbocycles. The molecule has 2 rings (SSSR count). The molecule has 5 nitrogen and oxygen atoms in total. The SMILES string of the molecule is COCCc1nc2c(S(C)(=O)=O)cccc2[nH]1. The van der Waals surface area contributed by atoms with E-state index in [0.29, 0.717) is 18.5 Å². The fraction of sp³-hybridized carbons (Fsp3) is 0.364. The molecule has 0 fully saturated rings. The number of sulfone groups is 1. The molecule has 0 radical (unpaired) electrons. The highest BCUT2D eigenvalue weighted by Crippen LogP contribution is 2.20. The summed E-state index contributed by atoms with van der Waals surface area (Å²) in [6.07, 6.45) is 1.82. The number of methoxy groups -OCH3 is 1. The molecular weight excluding hydrogens is 240 g/mol. The van der Waals surface area contributed by atoms with Crippen molar-refractivity contribution < 1.29 is 13.2 Å². The quantitative estimate of drug-likeness (QED) is 0.888. The van der Waals surface area contributed by atoms with Gasteiger partial charge in [0.2, 0.25) is 0 Å². The minimum absolute atomic E-state index is 0.259. The number of H-pyrrole nitrogens is 1. The van der Waals surface area contributed by atoms with Gasteiger partial charge in [-0.15, -0.1) is 0 Å². The van der Waals surface area contributed by atoms with Crippen LogP contribution in [-0.4, -0.2) is 38.4 Å². The van der Waals surface area contributed by atoms with E-state index >= 15 is 0 Å².